The summed E-state index contributed by atoms with van der Waals surface area (Å²) in [6, 6.07) is 6.83. The molecule has 0 fully saturated rings. The molecule has 0 radical (unpaired) electrons. The molecule has 1 heterocycles. The number of hydrazine groups is 1. The predicted molar refractivity (Wildman–Crippen MR) is 82.3 cm³/mol. The Hall–Kier alpha value is -1.65. The van der Waals surface area contributed by atoms with Gasteiger partial charge in [0.05, 0.1) is 6.20 Å². The van der Waals surface area contributed by atoms with Gasteiger partial charge in [0.25, 0.3) is 0 Å². The van der Waals surface area contributed by atoms with Crippen LogP contribution in [0.15, 0.2) is 30.6 Å². The smallest absolute Gasteiger partial charge is 0.0522 e. The molecule has 1 aromatic heterocycles. The minimum Gasteiger partial charge on any atom is -0.273 e. The Bertz CT molecular complexity index is 559. The van der Waals surface area contributed by atoms with Crippen LogP contribution < -0.4 is 11.3 Å². The van der Waals surface area contributed by atoms with Crippen LogP contribution in [-0.4, -0.2) is 15.8 Å². The van der Waals surface area contributed by atoms with Crippen LogP contribution >= 0.6 is 0 Å². The van der Waals surface area contributed by atoms with E-state index in [0.29, 0.717) is 0 Å². The van der Waals surface area contributed by atoms with Gasteiger partial charge < -0.3 is 0 Å². The Labute approximate surface area is 121 Å². The van der Waals surface area contributed by atoms with Gasteiger partial charge in [-0.2, -0.15) is 5.10 Å². The lowest BCUT2D eigenvalue weighted by molar-refractivity contribution is 0.522. The summed E-state index contributed by atoms with van der Waals surface area (Å²) in [5.74, 6) is 5.70. The summed E-state index contributed by atoms with van der Waals surface area (Å²) >= 11 is 0. The number of hydrogen-bond acceptors (Lipinski definition) is 3. The normalized spacial score (nSPS) is 12.6. The molecule has 1 atom stereocenters. The van der Waals surface area contributed by atoms with Crippen LogP contribution in [0.3, 0.4) is 0 Å². The highest BCUT2D eigenvalue weighted by molar-refractivity contribution is 5.30. The van der Waals surface area contributed by atoms with Gasteiger partial charge in [0.2, 0.25) is 0 Å². The number of nitrogens with two attached hydrogens (primary N) is 1. The Morgan fingerprint density at radius 2 is 1.95 bits per heavy atom. The van der Waals surface area contributed by atoms with Gasteiger partial charge in [0, 0.05) is 18.8 Å². The lowest BCUT2D eigenvalue weighted by Gasteiger charge is -2.15. The summed E-state index contributed by atoms with van der Waals surface area (Å²) in [5, 5.41) is 4.30. The first-order valence-corrected chi connectivity index (χ1v) is 7.16. The summed E-state index contributed by atoms with van der Waals surface area (Å²) in [6.07, 6.45) is 5.83. The number of benzene rings is 1. The third-order valence-electron chi connectivity index (χ3n) is 3.78. The molecule has 2 rings (SSSR count). The van der Waals surface area contributed by atoms with Crippen LogP contribution in [0.5, 0.6) is 0 Å². The van der Waals surface area contributed by atoms with Crippen molar-refractivity contribution >= 4 is 0 Å². The molecule has 0 saturated heterocycles. The summed E-state index contributed by atoms with van der Waals surface area (Å²) in [6.45, 7) is 7.27. The average molecular weight is 272 g/mol. The fourth-order valence-electron chi connectivity index (χ4n) is 2.37. The van der Waals surface area contributed by atoms with Crippen LogP contribution in [0.2, 0.25) is 0 Å². The second-order valence-electron chi connectivity index (χ2n) is 5.39. The lowest BCUT2D eigenvalue weighted by Crippen LogP contribution is -2.38. The van der Waals surface area contributed by atoms with E-state index in [2.05, 4.69) is 55.7 Å². The van der Waals surface area contributed by atoms with Crippen molar-refractivity contribution in [2.45, 2.75) is 46.2 Å². The monoisotopic (exact) mass is 272 g/mol. The van der Waals surface area contributed by atoms with Crippen LogP contribution in [0.25, 0.3) is 0 Å². The van der Waals surface area contributed by atoms with Crippen molar-refractivity contribution in [2.75, 3.05) is 0 Å². The third kappa shape index (κ3) is 3.68. The maximum Gasteiger partial charge on any atom is 0.0522 e. The van der Waals surface area contributed by atoms with Gasteiger partial charge in [0.1, 0.15) is 0 Å². The van der Waals surface area contributed by atoms with Crippen molar-refractivity contribution in [3.8, 4) is 0 Å². The highest BCUT2D eigenvalue weighted by Gasteiger charge is 2.11. The van der Waals surface area contributed by atoms with Gasteiger partial charge in [-0.1, -0.05) is 18.2 Å². The molecule has 20 heavy (non-hydrogen) atoms. The molecule has 0 bridgehead atoms. The number of aromatic nitrogens is 2. The van der Waals surface area contributed by atoms with E-state index in [1.807, 2.05) is 10.9 Å². The van der Waals surface area contributed by atoms with Crippen molar-refractivity contribution in [3.05, 3.63) is 52.8 Å². The van der Waals surface area contributed by atoms with Gasteiger partial charge in [-0.3, -0.25) is 16.0 Å². The maximum atomic E-state index is 5.70. The van der Waals surface area contributed by atoms with Crippen LogP contribution in [0.1, 0.15) is 29.2 Å². The highest BCUT2D eigenvalue weighted by atomic mass is 15.3. The second kappa shape index (κ2) is 6.68. The Morgan fingerprint density at radius 1 is 1.20 bits per heavy atom. The van der Waals surface area contributed by atoms with E-state index < -0.39 is 0 Å². The maximum absolute atomic E-state index is 5.70. The number of hydrogen-bond donors (Lipinski definition) is 2. The quantitative estimate of drug-likeness (QED) is 0.626. The zero-order valence-corrected chi connectivity index (χ0v) is 12.6. The largest absolute Gasteiger partial charge is 0.273 e. The van der Waals surface area contributed by atoms with E-state index >= 15 is 0 Å². The average Bonchev–Trinajstić information content (AvgIpc) is 2.90. The van der Waals surface area contributed by atoms with Crippen molar-refractivity contribution in [3.63, 3.8) is 0 Å². The van der Waals surface area contributed by atoms with E-state index in [9.17, 15) is 0 Å². The van der Waals surface area contributed by atoms with Crippen molar-refractivity contribution in [1.82, 2.24) is 15.2 Å². The van der Waals surface area contributed by atoms with E-state index in [4.69, 9.17) is 5.84 Å². The molecule has 4 nitrogen and oxygen atoms in total. The van der Waals surface area contributed by atoms with E-state index in [-0.39, 0.29) is 6.04 Å². The molecule has 0 aliphatic rings. The zero-order chi connectivity index (χ0) is 14.5. The topological polar surface area (TPSA) is 55.9 Å². The van der Waals surface area contributed by atoms with E-state index in [1.165, 1.54) is 22.3 Å². The molecule has 4 heteroatoms. The molecule has 0 aliphatic carbocycles. The predicted octanol–water partition coefficient (Wildman–Crippen LogP) is 2.14. The minimum atomic E-state index is 0.228. The Kier molecular flexibility index (Phi) is 4.93. The SMILES string of the molecule is CCn1cc(CC(Cc2ccc(C)c(C)c2)NN)cn1. The Morgan fingerprint density at radius 3 is 2.55 bits per heavy atom. The molecule has 1 unspecified atom stereocenters. The van der Waals surface area contributed by atoms with Crippen LogP contribution in [0.4, 0.5) is 0 Å². The number of aryl methyl sites for hydroxylation is 3. The summed E-state index contributed by atoms with van der Waals surface area (Å²) in [4.78, 5) is 0. The van der Waals surface area contributed by atoms with Gasteiger partial charge in [-0.05, 0) is 55.9 Å². The van der Waals surface area contributed by atoms with Crippen LogP contribution in [0, 0.1) is 13.8 Å². The summed E-state index contributed by atoms with van der Waals surface area (Å²) in [7, 11) is 0. The van der Waals surface area contributed by atoms with Crippen molar-refractivity contribution in [2.24, 2.45) is 5.84 Å². The summed E-state index contributed by atoms with van der Waals surface area (Å²) in [5.41, 5.74) is 8.12. The standard InChI is InChI=1S/C16H24N4/c1-4-20-11-15(10-18-20)9-16(19-17)8-14-6-5-12(2)13(3)7-14/h5-7,10-11,16,19H,4,8-9,17H2,1-3H3. The first kappa shape index (κ1) is 14.8. The Balaban J connectivity index is 2.02. The van der Waals surface area contributed by atoms with Gasteiger partial charge >= 0.3 is 0 Å². The fraction of sp³-hybridized carbons (Fsp3) is 0.438. The molecule has 0 saturated carbocycles. The first-order valence-electron chi connectivity index (χ1n) is 7.16. The fourth-order valence-corrected chi connectivity index (χ4v) is 2.37. The van der Waals surface area contributed by atoms with Gasteiger partial charge in [-0.25, -0.2) is 0 Å². The molecular formula is C16H24N4. The molecule has 3 N–H and O–H groups in total. The number of nitrogens with zero attached hydrogens (tertiary/aromatic N) is 2. The molecule has 0 spiro atoms. The van der Waals surface area contributed by atoms with Crippen molar-refractivity contribution < 1.29 is 0 Å². The van der Waals surface area contributed by atoms with Gasteiger partial charge in [0.15, 0.2) is 0 Å². The zero-order valence-electron chi connectivity index (χ0n) is 12.6. The molecular weight excluding hydrogens is 248 g/mol. The lowest BCUT2D eigenvalue weighted by atomic mass is 9.98. The second-order valence-corrected chi connectivity index (χ2v) is 5.39. The molecule has 0 aliphatic heterocycles. The first-order chi connectivity index (χ1) is 9.62. The third-order valence-corrected chi connectivity index (χ3v) is 3.78. The molecule has 1 aromatic carbocycles. The van der Waals surface area contributed by atoms with E-state index in [0.717, 1.165) is 19.4 Å². The minimum absolute atomic E-state index is 0.228. The highest BCUT2D eigenvalue weighted by Crippen LogP contribution is 2.13. The molecule has 0 amide bonds. The van der Waals surface area contributed by atoms with Gasteiger partial charge in [-0.15, -0.1) is 0 Å². The number of nitrogens with one attached hydrogen (secondary N) is 1. The number of rotatable bonds is 6. The molecule has 2 aromatic rings. The van der Waals surface area contributed by atoms with E-state index in [1.54, 1.807) is 0 Å². The van der Waals surface area contributed by atoms with Crippen molar-refractivity contribution in [1.29, 1.82) is 0 Å². The summed E-state index contributed by atoms with van der Waals surface area (Å²) < 4.78 is 1.94. The van der Waals surface area contributed by atoms with Crippen LogP contribution in [-0.2, 0) is 19.4 Å². The molecule has 108 valence electrons.